The molecule has 6 heteroatoms. The van der Waals surface area contributed by atoms with Crippen LogP contribution in [-0.4, -0.2) is 61.1 Å². The zero-order chi connectivity index (χ0) is 18.4. The second-order valence-corrected chi connectivity index (χ2v) is 8.76. The van der Waals surface area contributed by atoms with Crippen LogP contribution in [0.4, 0.5) is 10.5 Å². The third-order valence-electron chi connectivity index (χ3n) is 6.53. The van der Waals surface area contributed by atoms with Crippen LogP contribution in [0.15, 0.2) is 16.6 Å². The zero-order valence-electron chi connectivity index (χ0n) is 15.9. The SMILES string of the molecule is CCN(CC)C(=O)N[C@H]1C[C@@H]2c3c(Br)ccc4c3[C@H](CN4)C[C@H]2N(C)C1. The molecule has 2 N–H and O–H groups in total. The summed E-state index contributed by atoms with van der Waals surface area (Å²) in [6.07, 6.45) is 2.23. The molecule has 0 bridgehead atoms. The number of nitrogens with zero attached hydrogens (tertiary/aromatic N) is 2. The fraction of sp³-hybridized carbons (Fsp3) is 0.650. The molecule has 0 aromatic heterocycles. The van der Waals surface area contributed by atoms with Crippen molar-refractivity contribution in [1.82, 2.24) is 15.1 Å². The third-order valence-corrected chi connectivity index (χ3v) is 7.23. The van der Waals surface area contributed by atoms with Crippen molar-refractivity contribution >= 4 is 27.6 Å². The summed E-state index contributed by atoms with van der Waals surface area (Å²) in [7, 11) is 2.22. The molecule has 1 saturated heterocycles. The number of fused-ring (bicyclic) bond motifs is 2. The number of likely N-dealkylation sites (tertiary alicyclic amines) is 1. The van der Waals surface area contributed by atoms with E-state index < -0.39 is 0 Å². The zero-order valence-corrected chi connectivity index (χ0v) is 17.5. The highest BCUT2D eigenvalue weighted by atomic mass is 79.9. The minimum atomic E-state index is 0.0690. The molecule has 0 radical (unpaired) electrons. The average Bonchev–Trinajstić information content (AvgIpc) is 3.02. The molecule has 1 aromatic rings. The number of urea groups is 1. The van der Waals surface area contributed by atoms with Crippen LogP contribution in [0.2, 0.25) is 0 Å². The summed E-state index contributed by atoms with van der Waals surface area (Å²) in [4.78, 5) is 16.9. The van der Waals surface area contributed by atoms with Gasteiger partial charge in [-0.3, -0.25) is 0 Å². The average molecular weight is 421 g/mol. The molecular formula is C20H29BrN4O. The lowest BCUT2D eigenvalue weighted by molar-refractivity contribution is 0.108. The van der Waals surface area contributed by atoms with Crippen LogP contribution in [0.5, 0.6) is 0 Å². The van der Waals surface area contributed by atoms with E-state index in [0.717, 1.165) is 32.6 Å². The van der Waals surface area contributed by atoms with E-state index in [1.54, 1.807) is 0 Å². The van der Waals surface area contributed by atoms with Crippen molar-refractivity contribution in [1.29, 1.82) is 0 Å². The largest absolute Gasteiger partial charge is 0.384 e. The molecule has 2 amide bonds. The van der Waals surface area contributed by atoms with Crippen molar-refractivity contribution in [3.8, 4) is 0 Å². The van der Waals surface area contributed by atoms with Gasteiger partial charge in [-0.1, -0.05) is 15.9 Å². The number of likely N-dealkylation sites (N-methyl/N-ethyl adjacent to an activating group) is 1. The summed E-state index contributed by atoms with van der Waals surface area (Å²) in [5.41, 5.74) is 4.30. The first-order valence-corrected chi connectivity index (χ1v) is 10.6. The van der Waals surface area contributed by atoms with Gasteiger partial charge in [-0.25, -0.2) is 4.79 Å². The number of halogens is 1. The molecule has 0 spiro atoms. The Balaban J connectivity index is 1.60. The van der Waals surface area contributed by atoms with Gasteiger partial charge in [-0.2, -0.15) is 0 Å². The number of nitrogens with one attached hydrogen (secondary N) is 2. The van der Waals surface area contributed by atoms with Gasteiger partial charge >= 0.3 is 6.03 Å². The molecule has 0 saturated carbocycles. The summed E-state index contributed by atoms with van der Waals surface area (Å²) >= 11 is 3.83. The molecule has 2 heterocycles. The fourth-order valence-electron chi connectivity index (χ4n) is 5.27. The Labute approximate surface area is 164 Å². The number of amides is 2. The van der Waals surface area contributed by atoms with E-state index in [2.05, 4.69) is 50.6 Å². The van der Waals surface area contributed by atoms with Crippen LogP contribution in [0.3, 0.4) is 0 Å². The lowest BCUT2D eigenvalue weighted by atomic mass is 9.70. The standard InChI is InChI=1S/C20H29BrN4O/c1-4-25(5-2)20(26)23-13-9-14-17(24(3)11-13)8-12-10-22-16-7-6-15(21)19(14)18(12)16/h6-7,12-14,17,22H,4-5,8-11H2,1-3H3,(H,23,26)/t12-,13-,14-,17+/m0/s1. The van der Waals surface area contributed by atoms with Gasteiger partial charge in [0.15, 0.2) is 0 Å². The second-order valence-electron chi connectivity index (χ2n) is 7.90. The summed E-state index contributed by atoms with van der Waals surface area (Å²) in [5.74, 6) is 1.08. The molecule has 26 heavy (non-hydrogen) atoms. The van der Waals surface area contributed by atoms with E-state index in [0.29, 0.717) is 17.9 Å². The van der Waals surface area contributed by atoms with Crippen molar-refractivity contribution in [2.75, 3.05) is 38.5 Å². The summed E-state index contributed by atoms with van der Waals surface area (Å²) in [6.45, 7) is 7.55. The maximum Gasteiger partial charge on any atom is 0.317 e. The Hall–Kier alpha value is -1.27. The first kappa shape index (κ1) is 18.1. The van der Waals surface area contributed by atoms with Gasteiger partial charge in [0, 0.05) is 60.3 Å². The summed E-state index contributed by atoms with van der Waals surface area (Å²) in [5, 5.41) is 6.88. The maximum atomic E-state index is 12.5. The number of hydrogen-bond acceptors (Lipinski definition) is 3. The number of benzene rings is 1. The Bertz CT molecular complexity index is 705. The highest BCUT2D eigenvalue weighted by Crippen LogP contribution is 2.52. The van der Waals surface area contributed by atoms with E-state index in [4.69, 9.17) is 0 Å². The molecule has 1 fully saturated rings. The van der Waals surface area contributed by atoms with Crippen molar-refractivity contribution in [3.05, 3.63) is 27.7 Å². The third kappa shape index (κ3) is 2.91. The minimum Gasteiger partial charge on any atom is -0.384 e. The Morgan fingerprint density at radius 2 is 2.08 bits per heavy atom. The maximum absolute atomic E-state index is 12.5. The van der Waals surface area contributed by atoms with Crippen molar-refractivity contribution in [2.24, 2.45) is 0 Å². The topological polar surface area (TPSA) is 47.6 Å². The summed E-state index contributed by atoms with van der Waals surface area (Å²) in [6, 6.07) is 5.21. The van der Waals surface area contributed by atoms with Gasteiger partial charge in [-0.15, -0.1) is 0 Å². The van der Waals surface area contributed by atoms with Crippen molar-refractivity contribution in [3.63, 3.8) is 0 Å². The van der Waals surface area contributed by atoms with E-state index >= 15 is 0 Å². The highest BCUT2D eigenvalue weighted by molar-refractivity contribution is 9.10. The van der Waals surface area contributed by atoms with Crippen LogP contribution < -0.4 is 10.6 Å². The number of carbonyl (C=O) groups excluding carboxylic acids is 1. The van der Waals surface area contributed by atoms with Gasteiger partial charge in [0.2, 0.25) is 0 Å². The normalized spacial score (nSPS) is 29.5. The van der Waals surface area contributed by atoms with Gasteiger partial charge in [0.05, 0.1) is 0 Å². The Morgan fingerprint density at radius 3 is 2.81 bits per heavy atom. The number of hydrogen-bond donors (Lipinski definition) is 2. The smallest absolute Gasteiger partial charge is 0.317 e. The lowest BCUT2D eigenvalue weighted by Gasteiger charge is -2.48. The van der Waals surface area contributed by atoms with E-state index in [9.17, 15) is 4.79 Å². The van der Waals surface area contributed by atoms with E-state index in [-0.39, 0.29) is 12.1 Å². The van der Waals surface area contributed by atoms with Crippen LogP contribution in [0, 0.1) is 0 Å². The van der Waals surface area contributed by atoms with Crippen LogP contribution >= 0.6 is 15.9 Å². The molecule has 0 unspecified atom stereocenters. The Morgan fingerprint density at radius 1 is 1.31 bits per heavy atom. The highest BCUT2D eigenvalue weighted by Gasteiger charge is 2.45. The van der Waals surface area contributed by atoms with Gasteiger partial charge in [0.1, 0.15) is 0 Å². The molecule has 4 atom stereocenters. The Kier molecular flexibility index (Phi) is 4.90. The molecular weight excluding hydrogens is 392 g/mol. The van der Waals surface area contributed by atoms with Crippen molar-refractivity contribution in [2.45, 2.75) is 50.6 Å². The predicted octanol–water partition coefficient (Wildman–Crippen LogP) is 3.57. The lowest BCUT2D eigenvalue weighted by Crippen LogP contribution is -2.56. The predicted molar refractivity (Wildman–Crippen MR) is 109 cm³/mol. The van der Waals surface area contributed by atoms with Crippen LogP contribution in [0.1, 0.15) is 49.7 Å². The molecule has 3 aliphatic rings. The second kappa shape index (κ2) is 7.04. The van der Waals surface area contributed by atoms with Crippen LogP contribution in [-0.2, 0) is 0 Å². The minimum absolute atomic E-state index is 0.0690. The first-order valence-electron chi connectivity index (χ1n) is 9.85. The molecule has 142 valence electrons. The van der Waals surface area contributed by atoms with Crippen molar-refractivity contribution < 1.29 is 4.79 Å². The molecule has 2 aliphatic heterocycles. The summed E-state index contributed by atoms with van der Waals surface area (Å²) < 4.78 is 1.23. The van der Waals surface area contributed by atoms with E-state index in [1.165, 1.54) is 27.7 Å². The number of piperidine rings is 1. The number of carbonyl (C=O) groups is 1. The molecule has 1 aromatic carbocycles. The first-order chi connectivity index (χ1) is 12.5. The molecule has 4 rings (SSSR count). The van der Waals surface area contributed by atoms with Gasteiger partial charge < -0.3 is 20.4 Å². The monoisotopic (exact) mass is 420 g/mol. The van der Waals surface area contributed by atoms with Gasteiger partial charge in [-0.05, 0) is 57.0 Å². The quantitative estimate of drug-likeness (QED) is 0.785. The number of anilines is 1. The van der Waals surface area contributed by atoms with E-state index in [1.807, 2.05) is 18.7 Å². The molecule has 1 aliphatic carbocycles. The van der Waals surface area contributed by atoms with Crippen LogP contribution in [0.25, 0.3) is 0 Å². The molecule has 5 nitrogen and oxygen atoms in total. The fourth-order valence-corrected chi connectivity index (χ4v) is 5.91. The number of rotatable bonds is 3. The van der Waals surface area contributed by atoms with Gasteiger partial charge in [0.25, 0.3) is 0 Å².